The Morgan fingerprint density at radius 1 is 1.48 bits per heavy atom. The Morgan fingerprint density at radius 3 is 3.16 bits per heavy atom. The second-order valence-corrected chi connectivity index (χ2v) is 6.22. The number of likely N-dealkylation sites (tertiary alicyclic amines) is 1. The van der Waals surface area contributed by atoms with E-state index in [9.17, 15) is 9.18 Å². The van der Waals surface area contributed by atoms with Gasteiger partial charge in [0.25, 0.3) is 0 Å². The van der Waals surface area contributed by atoms with Crippen LogP contribution in [0.5, 0.6) is 5.75 Å². The van der Waals surface area contributed by atoms with E-state index in [1.165, 1.54) is 12.1 Å². The molecule has 0 radical (unpaired) electrons. The predicted octanol–water partition coefficient (Wildman–Crippen LogP) is 3.29. The van der Waals surface area contributed by atoms with Crippen LogP contribution in [-0.2, 0) is 11.4 Å². The van der Waals surface area contributed by atoms with E-state index in [0.717, 1.165) is 25.8 Å². The van der Waals surface area contributed by atoms with Crippen molar-refractivity contribution >= 4 is 5.91 Å². The maximum absolute atomic E-state index is 13.1. The summed E-state index contributed by atoms with van der Waals surface area (Å²) in [6.07, 6.45) is 3.27. The molecule has 0 spiro atoms. The van der Waals surface area contributed by atoms with Gasteiger partial charge in [-0.2, -0.15) is 4.98 Å². The van der Waals surface area contributed by atoms with Crippen LogP contribution in [0.15, 0.2) is 28.8 Å². The van der Waals surface area contributed by atoms with Gasteiger partial charge in [0, 0.05) is 25.6 Å². The first-order valence-corrected chi connectivity index (χ1v) is 8.64. The van der Waals surface area contributed by atoms with E-state index in [4.69, 9.17) is 9.26 Å². The van der Waals surface area contributed by atoms with Crippen molar-refractivity contribution in [3.8, 4) is 5.75 Å². The maximum atomic E-state index is 13.1. The van der Waals surface area contributed by atoms with Gasteiger partial charge in [0.1, 0.15) is 11.6 Å². The third kappa shape index (κ3) is 4.55. The first-order chi connectivity index (χ1) is 12.2. The van der Waals surface area contributed by atoms with E-state index in [0.29, 0.717) is 30.4 Å². The van der Waals surface area contributed by atoms with E-state index in [2.05, 4.69) is 10.1 Å². The summed E-state index contributed by atoms with van der Waals surface area (Å²) in [4.78, 5) is 18.3. The number of aromatic nitrogens is 2. The molecule has 0 unspecified atom stereocenters. The van der Waals surface area contributed by atoms with Gasteiger partial charge in [-0.1, -0.05) is 18.1 Å². The van der Waals surface area contributed by atoms with Crippen LogP contribution in [0.3, 0.4) is 0 Å². The third-order valence-electron chi connectivity index (χ3n) is 4.24. The van der Waals surface area contributed by atoms with Gasteiger partial charge in [0.2, 0.25) is 17.6 Å². The number of halogens is 1. The Balaban J connectivity index is 1.58. The molecule has 0 saturated carbocycles. The van der Waals surface area contributed by atoms with Gasteiger partial charge in [-0.15, -0.1) is 0 Å². The van der Waals surface area contributed by atoms with Crippen molar-refractivity contribution in [2.75, 3.05) is 13.1 Å². The fourth-order valence-electron chi connectivity index (χ4n) is 2.97. The van der Waals surface area contributed by atoms with Crippen molar-refractivity contribution in [3.05, 3.63) is 41.8 Å². The summed E-state index contributed by atoms with van der Waals surface area (Å²) >= 11 is 0. The molecular formula is C18H22FN3O3. The molecule has 1 aromatic heterocycles. The highest BCUT2D eigenvalue weighted by Gasteiger charge is 2.28. The Labute approximate surface area is 146 Å². The number of nitrogens with zero attached hydrogens (tertiary/aromatic N) is 3. The lowest BCUT2D eigenvalue weighted by atomic mass is 9.97. The molecule has 3 rings (SSSR count). The maximum Gasteiger partial charge on any atom is 0.231 e. The Morgan fingerprint density at radius 2 is 2.36 bits per heavy atom. The van der Waals surface area contributed by atoms with Crippen LogP contribution >= 0.6 is 0 Å². The number of carbonyl (C=O) groups is 1. The molecule has 1 atom stereocenters. The smallest absolute Gasteiger partial charge is 0.231 e. The SMILES string of the molecule is CCCC(=O)N1CCC[C@@H](c2nc(COc3cccc(F)c3)no2)C1. The minimum absolute atomic E-state index is 0.0602. The van der Waals surface area contributed by atoms with Crippen molar-refractivity contribution in [2.45, 2.75) is 45.1 Å². The number of piperidine rings is 1. The molecule has 25 heavy (non-hydrogen) atoms. The van der Waals surface area contributed by atoms with Crippen molar-refractivity contribution in [2.24, 2.45) is 0 Å². The lowest BCUT2D eigenvalue weighted by molar-refractivity contribution is -0.132. The first-order valence-electron chi connectivity index (χ1n) is 8.64. The van der Waals surface area contributed by atoms with Crippen molar-refractivity contribution in [1.29, 1.82) is 0 Å². The van der Waals surface area contributed by atoms with E-state index < -0.39 is 0 Å². The number of carbonyl (C=O) groups excluding carboxylic acids is 1. The highest BCUT2D eigenvalue weighted by atomic mass is 19.1. The zero-order valence-corrected chi connectivity index (χ0v) is 14.3. The topological polar surface area (TPSA) is 68.5 Å². The van der Waals surface area contributed by atoms with E-state index >= 15 is 0 Å². The number of ether oxygens (including phenoxy) is 1. The van der Waals surface area contributed by atoms with Gasteiger partial charge >= 0.3 is 0 Å². The number of hydrogen-bond acceptors (Lipinski definition) is 5. The van der Waals surface area contributed by atoms with Crippen LogP contribution in [-0.4, -0.2) is 34.0 Å². The molecule has 1 aliphatic heterocycles. The highest BCUT2D eigenvalue weighted by molar-refractivity contribution is 5.76. The van der Waals surface area contributed by atoms with Gasteiger partial charge < -0.3 is 14.2 Å². The quantitative estimate of drug-likeness (QED) is 0.802. The summed E-state index contributed by atoms with van der Waals surface area (Å²) in [5, 5.41) is 3.93. The standard InChI is InChI=1S/C18H22FN3O3/c1-2-5-17(23)22-9-4-6-13(11-22)18-20-16(21-25-18)12-24-15-8-3-7-14(19)10-15/h3,7-8,10,13H,2,4-6,9,11-12H2,1H3/t13-/m1/s1. The lowest BCUT2D eigenvalue weighted by Gasteiger charge is -2.31. The third-order valence-corrected chi connectivity index (χ3v) is 4.24. The molecule has 0 N–H and O–H groups in total. The molecule has 7 heteroatoms. The normalized spacial score (nSPS) is 17.5. The largest absolute Gasteiger partial charge is 0.485 e. The average Bonchev–Trinajstić information content (AvgIpc) is 3.09. The van der Waals surface area contributed by atoms with E-state index in [-0.39, 0.29) is 24.2 Å². The average molecular weight is 347 g/mol. The highest BCUT2D eigenvalue weighted by Crippen LogP contribution is 2.26. The van der Waals surface area contributed by atoms with E-state index in [1.54, 1.807) is 12.1 Å². The molecule has 1 aromatic carbocycles. The Kier molecular flexibility index (Phi) is 5.63. The molecule has 1 saturated heterocycles. The molecule has 134 valence electrons. The monoisotopic (exact) mass is 347 g/mol. The van der Waals surface area contributed by atoms with Crippen LogP contribution in [0.2, 0.25) is 0 Å². The molecule has 1 aliphatic rings. The summed E-state index contributed by atoms with van der Waals surface area (Å²) < 4.78 is 24.0. The number of amides is 1. The van der Waals surface area contributed by atoms with Crippen molar-refractivity contribution < 1.29 is 18.4 Å². The predicted molar refractivity (Wildman–Crippen MR) is 88.5 cm³/mol. The summed E-state index contributed by atoms with van der Waals surface area (Å²) in [6.45, 7) is 3.52. The molecule has 0 aliphatic carbocycles. The van der Waals surface area contributed by atoms with Crippen LogP contribution in [0.25, 0.3) is 0 Å². The van der Waals surface area contributed by atoms with Crippen molar-refractivity contribution in [1.82, 2.24) is 15.0 Å². The molecule has 1 amide bonds. The number of benzene rings is 1. The fourth-order valence-corrected chi connectivity index (χ4v) is 2.97. The van der Waals surface area contributed by atoms with Gasteiger partial charge in [-0.05, 0) is 31.4 Å². The summed E-state index contributed by atoms with van der Waals surface area (Å²) in [5.74, 6) is 1.25. The molecule has 2 aromatic rings. The van der Waals surface area contributed by atoms with E-state index in [1.807, 2.05) is 11.8 Å². The molecule has 0 bridgehead atoms. The lowest BCUT2D eigenvalue weighted by Crippen LogP contribution is -2.39. The Hall–Kier alpha value is -2.44. The van der Waals surface area contributed by atoms with Gasteiger partial charge in [0.15, 0.2) is 6.61 Å². The minimum atomic E-state index is -0.356. The van der Waals surface area contributed by atoms with Crippen LogP contribution in [0, 0.1) is 5.82 Å². The molecule has 1 fully saturated rings. The fraction of sp³-hybridized carbons (Fsp3) is 0.500. The van der Waals surface area contributed by atoms with Crippen LogP contribution in [0.1, 0.15) is 50.2 Å². The zero-order valence-electron chi connectivity index (χ0n) is 14.3. The van der Waals surface area contributed by atoms with Crippen LogP contribution in [0.4, 0.5) is 4.39 Å². The molecule has 2 heterocycles. The zero-order chi connectivity index (χ0) is 17.6. The van der Waals surface area contributed by atoms with Gasteiger partial charge in [-0.3, -0.25) is 4.79 Å². The number of rotatable bonds is 6. The minimum Gasteiger partial charge on any atom is -0.485 e. The first kappa shape index (κ1) is 17.4. The van der Waals surface area contributed by atoms with Gasteiger partial charge in [-0.25, -0.2) is 4.39 Å². The number of hydrogen-bond donors (Lipinski definition) is 0. The van der Waals surface area contributed by atoms with Gasteiger partial charge in [0.05, 0.1) is 5.92 Å². The van der Waals surface area contributed by atoms with Crippen LogP contribution < -0.4 is 4.74 Å². The van der Waals surface area contributed by atoms with Crippen molar-refractivity contribution in [3.63, 3.8) is 0 Å². The summed E-state index contributed by atoms with van der Waals surface area (Å²) in [5.41, 5.74) is 0. The Bertz CT molecular complexity index is 719. The molecular weight excluding hydrogens is 325 g/mol. The molecule has 6 nitrogen and oxygen atoms in total. The second-order valence-electron chi connectivity index (χ2n) is 6.22. The second kappa shape index (κ2) is 8.09. The summed E-state index contributed by atoms with van der Waals surface area (Å²) in [6, 6.07) is 5.91. The summed E-state index contributed by atoms with van der Waals surface area (Å²) in [7, 11) is 0.